The molecule has 2 rings (SSSR count). The Morgan fingerprint density at radius 3 is 2.33 bits per heavy atom. The molecule has 1 aromatic rings. The van der Waals surface area contributed by atoms with E-state index >= 15 is 0 Å². The second-order valence-corrected chi connectivity index (χ2v) is 5.18. The number of benzene rings is 1. The van der Waals surface area contributed by atoms with Crippen LogP contribution in [0.15, 0.2) is 12.1 Å². The number of methoxy groups -OCH3 is 2. The fraction of sp³-hybridized carbons (Fsp3) is 0.533. The Hall–Kier alpha value is -1.46. The number of hydrogen-bond acceptors (Lipinski definition) is 4. The van der Waals surface area contributed by atoms with Gasteiger partial charge < -0.3 is 19.7 Å². The molecule has 0 spiro atoms. The smallest absolute Gasteiger partial charge is 0.228 e. The third-order valence-electron chi connectivity index (χ3n) is 3.76. The summed E-state index contributed by atoms with van der Waals surface area (Å²) >= 11 is 0. The molecule has 5 nitrogen and oxygen atoms in total. The average molecular weight is 315 g/mol. The van der Waals surface area contributed by atoms with E-state index in [0.29, 0.717) is 18.0 Å². The van der Waals surface area contributed by atoms with Crippen molar-refractivity contribution in [3.05, 3.63) is 23.3 Å². The van der Waals surface area contributed by atoms with Crippen LogP contribution in [-0.2, 0) is 11.3 Å². The normalized spacial score (nSPS) is 13.9. The van der Waals surface area contributed by atoms with Gasteiger partial charge in [0.25, 0.3) is 0 Å². The van der Waals surface area contributed by atoms with Crippen LogP contribution in [0.5, 0.6) is 11.5 Å². The average Bonchev–Trinajstić information content (AvgIpc) is 2.38. The highest BCUT2D eigenvalue weighted by atomic mass is 35.5. The summed E-state index contributed by atoms with van der Waals surface area (Å²) in [7, 11) is 5.08. The van der Waals surface area contributed by atoms with Crippen molar-refractivity contribution < 1.29 is 14.3 Å². The van der Waals surface area contributed by atoms with Gasteiger partial charge in [0.1, 0.15) is 0 Å². The lowest BCUT2D eigenvalue weighted by Crippen LogP contribution is -2.51. The number of ether oxygens (including phenoxy) is 2. The van der Waals surface area contributed by atoms with Crippen LogP contribution in [0.1, 0.15) is 11.1 Å². The summed E-state index contributed by atoms with van der Waals surface area (Å²) in [4.78, 5) is 13.9. The van der Waals surface area contributed by atoms with Crippen molar-refractivity contribution in [1.29, 1.82) is 0 Å². The minimum atomic E-state index is 0. The molecule has 0 radical (unpaired) electrons. The van der Waals surface area contributed by atoms with Crippen LogP contribution in [-0.4, -0.2) is 45.2 Å². The molecule has 0 unspecified atom stereocenters. The van der Waals surface area contributed by atoms with E-state index < -0.39 is 0 Å². The van der Waals surface area contributed by atoms with Gasteiger partial charge in [0, 0.05) is 26.7 Å². The van der Waals surface area contributed by atoms with Crippen LogP contribution in [0.3, 0.4) is 0 Å². The zero-order valence-corrected chi connectivity index (χ0v) is 13.8. The van der Waals surface area contributed by atoms with Gasteiger partial charge in [-0.3, -0.25) is 4.79 Å². The molecule has 1 aromatic carbocycles. The van der Waals surface area contributed by atoms with E-state index in [0.717, 1.165) is 24.2 Å². The predicted molar refractivity (Wildman–Crippen MR) is 84.4 cm³/mol. The number of nitrogens with zero attached hydrogens (tertiary/aromatic N) is 1. The second-order valence-electron chi connectivity index (χ2n) is 5.18. The SMILES string of the molecule is COc1cc(C)c(CN(C)C(=O)C2CNC2)cc1OC.Cl. The van der Waals surface area contributed by atoms with Crippen LogP contribution in [0.25, 0.3) is 0 Å². The van der Waals surface area contributed by atoms with E-state index in [1.165, 1.54) is 0 Å². The Labute approximate surface area is 132 Å². The molecule has 0 atom stereocenters. The largest absolute Gasteiger partial charge is 0.493 e. The van der Waals surface area contributed by atoms with Crippen molar-refractivity contribution in [2.75, 3.05) is 34.4 Å². The molecule has 0 bridgehead atoms. The molecule has 1 saturated heterocycles. The van der Waals surface area contributed by atoms with Gasteiger partial charge in [-0.2, -0.15) is 0 Å². The van der Waals surface area contributed by atoms with Gasteiger partial charge in [-0.05, 0) is 30.2 Å². The lowest BCUT2D eigenvalue weighted by atomic mass is 10.0. The van der Waals surface area contributed by atoms with Crippen molar-refractivity contribution in [2.24, 2.45) is 5.92 Å². The molecule has 1 aliphatic heterocycles. The number of carbonyl (C=O) groups excluding carboxylic acids is 1. The van der Waals surface area contributed by atoms with Crippen LogP contribution in [0, 0.1) is 12.8 Å². The molecular weight excluding hydrogens is 292 g/mol. The van der Waals surface area contributed by atoms with Gasteiger partial charge in [0.2, 0.25) is 5.91 Å². The third-order valence-corrected chi connectivity index (χ3v) is 3.76. The van der Waals surface area contributed by atoms with Crippen LogP contribution >= 0.6 is 12.4 Å². The molecule has 1 amide bonds. The van der Waals surface area contributed by atoms with Gasteiger partial charge in [-0.25, -0.2) is 0 Å². The highest BCUT2D eigenvalue weighted by Crippen LogP contribution is 2.30. The van der Waals surface area contributed by atoms with Crippen molar-refractivity contribution >= 4 is 18.3 Å². The first-order valence-electron chi connectivity index (χ1n) is 6.74. The number of hydrogen-bond donors (Lipinski definition) is 1. The number of amides is 1. The number of nitrogens with one attached hydrogen (secondary N) is 1. The van der Waals surface area contributed by atoms with Gasteiger partial charge in [0.05, 0.1) is 20.1 Å². The number of rotatable bonds is 5. The van der Waals surface area contributed by atoms with Crippen LogP contribution in [0.4, 0.5) is 0 Å². The Morgan fingerprint density at radius 2 is 1.86 bits per heavy atom. The summed E-state index contributed by atoms with van der Waals surface area (Å²) in [6, 6.07) is 3.88. The molecule has 1 heterocycles. The minimum Gasteiger partial charge on any atom is -0.493 e. The van der Waals surface area contributed by atoms with E-state index in [2.05, 4.69) is 5.32 Å². The lowest BCUT2D eigenvalue weighted by Gasteiger charge is -2.30. The zero-order valence-electron chi connectivity index (χ0n) is 12.9. The van der Waals surface area contributed by atoms with Crippen molar-refractivity contribution in [3.63, 3.8) is 0 Å². The molecular formula is C15H23ClN2O3. The monoisotopic (exact) mass is 314 g/mol. The Kier molecular flexibility index (Phi) is 6.30. The highest BCUT2D eigenvalue weighted by Gasteiger charge is 2.27. The first kappa shape index (κ1) is 17.6. The van der Waals surface area contributed by atoms with Crippen molar-refractivity contribution in [2.45, 2.75) is 13.5 Å². The predicted octanol–water partition coefficient (Wildman–Crippen LogP) is 1.61. The minimum absolute atomic E-state index is 0. The van der Waals surface area contributed by atoms with Crippen LogP contribution in [0.2, 0.25) is 0 Å². The first-order valence-corrected chi connectivity index (χ1v) is 6.74. The number of halogens is 1. The van der Waals surface area contributed by atoms with E-state index in [1.807, 2.05) is 26.1 Å². The molecule has 6 heteroatoms. The van der Waals surface area contributed by atoms with Gasteiger partial charge in [-0.1, -0.05) is 0 Å². The summed E-state index contributed by atoms with van der Waals surface area (Å²) in [6.07, 6.45) is 0. The standard InChI is InChI=1S/C15H22N2O3.ClH/c1-10-5-13(19-3)14(20-4)6-11(10)9-17(2)15(18)12-7-16-8-12;/h5-6,12,16H,7-9H2,1-4H3;1H. The summed E-state index contributed by atoms with van der Waals surface area (Å²) in [5.74, 6) is 1.73. The maximum Gasteiger partial charge on any atom is 0.228 e. The Bertz CT molecular complexity index is 504. The maximum atomic E-state index is 12.1. The molecule has 1 aliphatic rings. The molecule has 1 N–H and O–H groups in total. The quantitative estimate of drug-likeness (QED) is 0.897. The van der Waals surface area contributed by atoms with E-state index in [1.54, 1.807) is 19.1 Å². The highest BCUT2D eigenvalue weighted by molar-refractivity contribution is 5.85. The van der Waals surface area contributed by atoms with Crippen molar-refractivity contribution in [3.8, 4) is 11.5 Å². The van der Waals surface area contributed by atoms with Gasteiger partial charge in [-0.15, -0.1) is 12.4 Å². The summed E-state index contributed by atoms with van der Waals surface area (Å²) in [6.45, 7) is 4.17. The molecule has 0 saturated carbocycles. The van der Waals surface area contributed by atoms with Gasteiger partial charge >= 0.3 is 0 Å². The number of aryl methyl sites for hydroxylation is 1. The van der Waals surface area contributed by atoms with E-state index in [9.17, 15) is 4.79 Å². The molecule has 21 heavy (non-hydrogen) atoms. The second kappa shape index (κ2) is 7.52. The Morgan fingerprint density at radius 1 is 1.29 bits per heavy atom. The van der Waals surface area contributed by atoms with E-state index in [-0.39, 0.29) is 24.2 Å². The summed E-state index contributed by atoms with van der Waals surface area (Å²) in [5.41, 5.74) is 2.17. The lowest BCUT2D eigenvalue weighted by molar-refractivity contribution is -0.136. The Balaban J connectivity index is 0.00000220. The summed E-state index contributed by atoms with van der Waals surface area (Å²) < 4.78 is 10.6. The zero-order chi connectivity index (χ0) is 14.7. The molecule has 0 aliphatic carbocycles. The third kappa shape index (κ3) is 3.80. The first-order chi connectivity index (χ1) is 9.56. The van der Waals surface area contributed by atoms with Crippen LogP contribution < -0.4 is 14.8 Å². The topological polar surface area (TPSA) is 50.8 Å². The van der Waals surface area contributed by atoms with Crippen molar-refractivity contribution in [1.82, 2.24) is 10.2 Å². The fourth-order valence-corrected chi connectivity index (χ4v) is 2.30. The molecule has 1 fully saturated rings. The van der Waals surface area contributed by atoms with E-state index in [4.69, 9.17) is 9.47 Å². The summed E-state index contributed by atoms with van der Waals surface area (Å²) in [5, 5.41) is 3.12. The molecule has 0 aromatic heterocycles. The number of carbonyl (C=O) groups is 1. The molecule has 118 valence electrons. The maximum absolute atomic E-state index is 12.1. The van der Waals surface area contributed by atoms with Gasteiger partial charge in [0.15, 0.2) is 11.5 Å². The fourth-order valence-electron chi connectivity index (χ4n) is 2.30.